The molecule has 0 fully saturated rings. The fourth-order valence-electron chi connectivity index (χ4n) is 2.50. The number of anilines is 1. The average Bonchev–Trinajstić information content (AvgIpc) is 3.10. The molecule has 0 aliphatic rings. The molecular weight excluding hydrogens is 465 g/mol. The van der Waals surface area contributed by atoms with E-state index in [1.54, 1.807) is 42.6 Å². The molecule has 0 amide bonds. The van der Waals surface area contributed by atoms with E-state index in [0.29, 0.717) is 31.9 Å². The van der Waals surface area contributed by atoms with Gasteiger partial charge in [0.25, 0.3) is 0 Å². The summed E-state index contributed by atoms with van der Waals surface area (Å²) in [6.45, 7) is 1.73. The summed E-state index contributed by atoms with van der Waals surface area (Å²) in [7, 11) is 0. The van der Waals surface area contributed by atoms with Crippen molar-refractivity contribution in [2.45, 2.75) is 6.92 Å². The Labute approximate surface area is 191 Å². The molecule has 0 radical (unpaired) electrons. The highest BCUT2D eigenvalue weighted by Gasteiger charge is 2.15. The van der Waals surface area contributed by atoms with Gasteiger partial charge in [0.1, 0.15) is 5.75 Å². The summed E-state index contributed by atoms with van der Waals surface area (Å²) in [6, 6.07) is 11.3. The summed E-state index contributed by atoms with van der Waals surface area (Å²) in [5.41, 5.74) is 5.34. The van der Waals surface area contributed by atoms with Crippen molar-refractivity contribution in [3.63, 3.8) is 0 Å². The summed E-state index contributed by atoms with van der Waals surface area (Å²) >= 11 is 18.6. The second kappa shape index (κ2) is 9.44. The molecule has 154 valence electrons. The minimum Gasteiger partial charge on any atom is -0.506 e. The molecule has 0 bridgehead atoms. The maximum atomic E-state index is 10.9. The zero-order chi connectivity index (χ0) is 21.8. The van der Waals surface area contributed by atoms with E-state index in [0.717, 1.165) is 5.56 Å². The van der Waals surface area contributed by atoms with E-state index in [1.165, 1.54) is 23.5 Å². The highest BCUT2D eigenvalue weighted by molar-refractivity contribution is 7.80. The zero-order valence-electron chi connectivity index (χ0n) is 15.4. The molecule has 0 aliphatic heterocycles. The normalized spacial score (nSPS) is 11.2. The van der Waals surface area contributed by atoms with Gasteiger partial charge in [-0.1, -0.05) is 29.3 Å². The van der Waals surface area contributed by atoms with E-state index >= 15 is 0 Å². The van der Waals surface area contributed by atoms with Gasteiger partial charge in [0.05, 0.1) is 31.8 Å². The molecule has 3 rings (SSSR count). The molecule has 0 atom stereocenters. The lowest BCUT2D eigenvalue weighted by Crippen LogP contribution is -2.24. The molecule has 3 aromatic rings. The van der Waals surface area contributed by atoms with E-state index in [4.69, 9.17) is 40.5 Å². The van der Waals surface area contributed by atoms with Crippen molar-refractivity contribution < 1.29 is 15.0 Å². The second-order valence-corrected chi connectivity index (χ2v) is 8.20. The zero-order valence-corrected chi connectivity index (χ0v) is 18.6. The molecule has 1 heterocycles. The Morgan fingerprint density at radius 1 is 1.13 bits per heavy atom. The molecule has 1 aromatic heterocycles. The van der Waals surface area contributed by atoms with Crippen molar-refractivity contribution in [2.75, 3.05) is 5.32 Å². The number of hydrazone groups is 1. The first-order chi connectivity index (χ1) is 14.3. The van der Waals surface area contributed by atoms with Crippen LogP contribution in [0.25, 0.3) is 10.4 Å². The first-order valence-electron chi connectivity index (χ1n) is 8.47. The predicted octanol–water partition coefficient (Wildman–Crippen LogP) is 5.84. The molecule has 2 aromatic carbocycles. The molecule has 0 saturated heterocycles. The van der Waals surface area contributed by atoms with Gasteiger partial charge in [-0.2, -0.15) is 5.10 Å². The van der Waals surface area contributed by atoms with Crippen LogP contribution in [0.1, 0.15) is 22.8 Å². The maximum Gasteiger partial charge on any atom is 0.335 e. The summed E-state index contributed by atoms with van der Waals surface area (Å²) in [4.78, 5) is 11.5. The maximum absolute atomic E-state index is 10.9. The van der Waals surface area contributed by atoms with E-state index in [1.807, 2.05) is 0 Å². The lowest BCUT2D eigenvalue weighted by atomic mass is 10.1. The highest BCUT2D eigenvalue weighted by atomic mass is 35.5. The minimum absolute atomic E-state index is 0.0876. The smallest absolute Gasteiger partial charge is 0.335 e. The first kappa shape index (κ1) is 22.0. The van der Waals surface area contributed by atoms with Gasteiger partial charge in [0, 0.05) is 11.1 Å². The number of aromatic carboxylic acids is 1. The average molecular weight is 480 g/mol. The molecular formula is C20H15Cl2N3O3S2. The monoisotopic (exact) mass is 479 g/mol. The summed E-state index contributed by atoms with van der Waals surface area (Å²) in [5, 5.41) is 29.5. The SMILES string of the molecule is CC(=NNC(=S)Nc1ccc(C(=O)O)cc1)c1csc(-c2ccc(Cl)c(Cl)c2)c1O. The third-order valence-electron chi connectivity index (χ3n) is 4.05. The fourth-order valence-corrected chi connectivity index (χ4v) is 3.96. The molecule has 10 heteroatoms. The molecule has 4 N–H and O–H groups in total. The molecule has 0 saturated carbocycles. The Morgan fingerprint density at radius 2 is 1.83 bits per heavy atom. The lowest BCUT2D eigenvalue weighted by molar-refractivity contribution is 0.0697. The highest BCUT2D eigenvalue weighted by Crippen LogP contribution is 2.40. The topological polar surface area (TPSA) is 94.0 Å². The number of aromatic hydroxyl groups is 1. The van der Waals surface area contributed by atoms with Crippen LogP contribution in [0.15, 0.2) is 52.9 Å². The van der Waals surface area contributed by atoms with E-state index < -0.39 is 5.97 Å². The summed E-state index contributed by atoms with van der Waals surface area (Å²) < 4.78 is 0. The van der Waals surface area contributed by atoms with Crippen molar-refractivity contribution in [1.29, 1.82) is 0 Å². The molecule has 0 unspecified atom stereocenters. The van der Waals surface area contributed by atoms with E-state index in [9.17, 15) is 9.90 Å². The first-order valence-corrected chi connectivity index (χ1v) is 10.5. The van der Waals surface area contributed by atoms with Gasteiger partial charge in [0.2, 0.25) is 0 Å². The van der Waals surface area contributed by atoms with Crippen LogP contribution in [0.2, 0.25) is 10.0 Å². The summed E-state index contributed by atoms with van der Waals surface area (Å²) in [6.07, 6.45) is 0. The number of halogens is 2. The van der Waals surface area contributed by atoms with Gasteiger partial charge in [-0.25, -0.2) is 4.79 Å². The lowest BCUT2D eigenvalue weighted by Gasteiger charge is -2.08. The molecule has 30 heavy (non-hydrogen) atoms. The van der Waals surface area contributed by atoms with Crippen LogP contribution in [0.4, 0.5) is 5.69 Å². The van der Waals surface area contributed by atoms with E-state index in [2.05, 4.69) is 15.8 Å². The van der Waals surface area contributed by atoms with Crippen LogP contribution in [0.3, 0.4) is 0 Å². The van der Waals surface area contributed by atoms with Gasteiger partial charge in [-0.15, -0.1) is 11.3 Å². The van der Waals surface area contributed by atoms with Gasteiger partial charge in [-0.05, 0) is 61.1 Å². The van der Waals surface area contributed by atoms with Crippen molar-refractivity contribution in [1.82, 2.24) is 5.43 Å². The molecule has 6 nitrogen and oxygen atoms in total. The number of nitrogens with zero attached hydrogens (tertiary/aromatic N) is 1. The minimum atomic E-state index is -1.00. The number of hydrogen-bond donors (Lipinski definition) is 4. The van der Waals surface area contributed by atoms with Crippen LogP contribution in [-0.4, -0.2) is 27.0 Å². The van der Waals surface area contributed by atoms with Gasteiger partial charge < -0.3 is 15.5 Å². The van der Waals surface area contributed by atoms with Gasteiger partial charge in [-0.3, -0.25) is 5.43 Å². The third-order valence-corrected chi connectivity index (χ3v) is 6.00. The quantitative estimate of drug-likeness (QED) is 0.208. The van der Waals surface area contributed by atoms with Crippen LogP contribution in [0.5, 0.6) is 5.75 Å². The molecule has 0 spiro atoms. The van der Waals surface area contributed by atoms with Crippen molar-refractivity contribution in [3.8, 4) is 16.2 Å². The van der Waals surface area contributed by atoms with Gasteiger partial charge in [0.15, 0.2) is 5.11 Å². The largest absolute Gasteiger partial charge is 0.506 e. The Bertz CT molecular complexity index is 1140. The van der Waals surface area contributed by atoms with Crippen LogP contribution >= 0.6 is 46.8 Å². The number of carboxylic acid groups (broad SMARTS) is 1. The standard InChI is InChI=1S/C20H15Cl2N3O3S2/c1-10(24-25-20(29)23-13-5-2-11(3-6-13)19(27)28)14-9-30-18(17(14)26)12-4-7-15(21)16(22)8-12/h2-9,26H,1H3,(H,27,28)(H2,23,25,29). The van der Waals surface area contributed by atoms with Crippen molar-refractivity contribution in [2.24, 2.45) is 5.10 Å². The Balaban J connectivity index is 1.69. The van der Waals surface area contributed by atoms with E-state index in [-0.39, 0.29) is 16.4 Å². The van der Waals surface area contributed by atoms with Crippen LogP contribution in [0, 0.1) is 0 Å². The number of hydrogen-bond acceptors (Lipinski definition) is 5. The Hall–Kier alpha value is -2.65. The van der Waals surface area contributed by atoms with Crippen molar-refractivity contribution >= 4 is 69.2 Å². The molecule has 0 aliphatic carbocycles. The number of nitrogens with one attached hydrogen (secondary N) is 2. The number of carboxylic acids is 1. The second-order valence-electron chi connectivity index (χ2n) is 6.10. The number of rotatable bonds is 5. The Kier molecular flexibility index (Phi) is 6.94. The number of benzene rings is 2. The predicted molar refractivity (Wildman–Crippen MR) is 126 cm³/mol. The van der Waals surface area contributed by atoms with Crippen LogP contribution < -0.4 is 10.7 Å². The number of thiocarbonyl (C=S) groups is 1. The van der Waals surface area contributed by atoms with Crippen LogP contribution in [-0.2, 0) is 0 Å². The fraction of sp³-hybridized carbons (Fsp3) is 0.0500. The van der Waals surface area contributed by atoms with Crippen molar-refractivity contribution in [3.05, 3.63) is 69.0 Å². The van der Waals surface area contributed by atoms with Gasteiger partial charge >= 0.3 is 5.97 Å². The Morgan fingerprint density at radius 3 is 2.47 bits per heavy atom. The third kappa shape index (κ3) is 5.09. The number of carbonyl (C=O) groups is 1. The summed E-state index contributed by atoms with van der Waals surface area (Å²) in [5.74, 6) is -0.914. The number of thiophene rings is 1.